The molecule has 1 aromatic carbocycles. The van der Waals surface area contributed by atoms with Gasteiger partial charge in [-0.25, -0.2) is 4.79 Å². The Morgan fingerprint density at radius 1 is 1.38 bits per heavy atom. The van der Waals surface area contributed by atoms with Gasteiger partial charge in [-0.1, -0.05) is 23.4 Å². The number of furan rings is 1. The van der Waals surface area contributed by atoms with E-state index in [1.54, 1.807) is 29.8 Å². The van der Waals surface area contributed by atoms with E-state index >= 15 is 0 Å². The predicted molar refractivity (Wildman–Crippen MR) is 88.5 cm³/mol. The molecule has 2 aromatic heterocycles. The molecule has 0 spiro atoms. The molecule has 0 unspecified atom stereocenters. The lowest BCUT2D eigenvalue weighted by Gasteiger charge is -2.03. The van der Waals surface area contributed by atoms with Crippen molar-refractivity contribution in [3.63, 3.8) is 0 Å². The number of rotatable bonds is 5. The quantitative estimate of drug-likeness (QED) is 0.507. The second kappa shape index (κ2) is 7.06. The zero-order valence-electron chi connectivity index (χ0n) is 12.9. The van der Waals surface area contributed by atoms with Crippen LogP contribution in [0.25, 0.3) is 5.69 Å². The zero-order valence-corrected chi connectivity index (χ0v) is 14.5. The van der Waals surface area contributed by atoms with Gasteiger partial charge in [0.05, 0.1) is 18.6 Å². The van der Waals surface area contributed by atoms with E-state index < -0.39 is 5.97 Å². The molecule has 0 aliphatic carbocycles. The molecule has 0 N–H and O–H groups in total. The summed E-state index contributed by atoms with van der Waals surface area (Å²) in [7, 11) is 1.34. The Labute approximate surface area is 146 Å². The van der Waals surface area contributed by atoms with E-state index in [-0.39, 0.29) is 0 Å². The molecule has 0 fully saturated rings. The fourth-order valence-corrected chi connectivity index (χ4v) is 2.97. The third kappa shape index (κ3) is 3.44. The molecule has 2 heterocycles. The third-order valence-corrected chi connectivity index (χ3v) is 4.42. The molecule has 24 heavy (non-hydrogen) atoms. The van der Waals surface area contributed by atoms with E-state index in [9.17, 15) is 4.79 Å². The number of esters is 1. The lowest BCUT2D eigenvalue weighted by Crippen LogP contribution is -2.00. The number of aromatic nitrogens is 4. The number of carbonyl (C=O) groups excluding carboxylic acids is 1. The van der Waals surface area contributed by atoms with Gasteiger partial charge in [0.25, 0.3) is 0 Å². The van der Waals surface area contributed by atoms with Crippen molar-refractivity contribution in [2.75, 3.05) is 7.11 Å². The number of ether oxygens (including phenoxy) is 1. The lowest BCUT2D eigenvalue weighted by atomic mass is 10.2. The Kier molecular flexibility index (Phi) is 4.86. The van der Waals surface area contributed by atoms with E-state index in [1.165, 1.54) is 18.9 Å². The smallest absolute Gasteiger partial charge is 0.341 e. The van der Waals surface area contributed by atoms with Crippen LogP contribution in [-0.2, 0) is 10.5 Å². The Morgan fingerprint density at radius 2 is 2.12 bits per heavy atom. The van der Waals surface area contributed by atoms with Crippen LogP contribution in [0.15, 0.2) is 39.9 Å². The summed E-state index contributed by atoms with van der Waals surface area (Å²) < 4.78 is 11.9. The summed E-state index contributed by atoms with van der Waals surface area (Å²) in [6.07, 6.45) is 0. The maximum Gasteiger partial charge on any atom is 0.341 e. The first-order valence-electron chi connectivity index (χ1n) is 6.93. The van der Waals surface area contributed by atoms with E-state index in [0.29, 0.717) is 33.0 Å². The van der Waals surface area contributed by atoms with Crippen LogP contribution >= 0.6 is 23.4 Å². The van der Waals surface area contributed by atoms with Crippen molar-refractivity contribution in [1.29, 1.82) is 0 Å². The minimum absolute atomic E-state index is 0.418. The van der Waals surface area contributed by atoms with Crippen LogP contribution in [0.5, 0.6) is 0 Å². The maximum atomic E-state index is 11.6. The summed E-state index contributed by atoms with van der Waals surface area (Å²) in [5.41, 5.74) is 1.23. The molecule has 0 saturated heterocycles. The highest BCUT2D eigenvalue weighted by atomic mass is 35.5. The maximum absolute atomic E-state index is 11.6. The van der Waals surface area contributed by atoms with Crippen molar-refractivity contribution >= 4 is 29.3 Å². The monoisotopic (exact) mass is 364 g/mol. The average Bonchev–Trinajstić information content (AvgIpc) is 3.19. The predicted octanol–water partition coefficient (Wildman–Crippen LogP) is 3.30. The van der Waals surface area contributed by atoms with Crippen molar-refractivity contribution in [1.82, 2.24) is 20.2 Å². The van der Waals surface area contributed by atoms with Crippen molar-refractivity contribution in [3.8, 4) is 5.69 Å². The number of tetrazole rings is 1. The molecule has 0 saturated carbocycles. The first kappa shape index (κ1) is 16.5. The first-order valence-corrected chi connectivity index (χ1v) is 8.29. The van der Waals surface area contributed by atoms with Crippen LogP contribution < -0.4 is 0 Å². The van der Waals surface area contributed by atoms with Gasteiger partial charge in [-0.15, -0.1) is 5.10 Å². The molecule has 3 aromatic rings. The number of aryl methyl sites for hydroxylation is 1. The third-order valence-electron chi connectivity index (χ3n) is 3.23. The van der Waals surface area contributed by atoms with Gasteiger partial charge in [0.15, 0.2) is 0 Å². The number of carbonyl (C=O) groups is 1. The van der Waals surface area contributed by atoms with Gasteiger partial charge in [-0.2, -0.15) is 4.68 Å². The van der Waals surface area contributed by atoms with Crippen molar-refractivity contribution in [2.24, 2.45) is 0 Å². The molecule has 0 bridgehead atoms. The fourth-order valence-electron chi connectivity index (χ4n) is 2.08. The van der Waals surface area contributed by atoms with Gasteiger partial charge < -0.3 is 9.15 Å². The Balaban J connectivity index is 1.75. The van der Waals surface area contributed by atoms with E-state index in [1.807, 2.05) is 12.1 Å². The van der Waals surface area contributed by atoms with Gasteiger partial charge >= 0.3 is 5.97 Å². The van der Waals surface area contributed by atoms with Gasteiger partial charge in [0, 0.05) is 5.02 Å². The van der Waals surface area contributed by atoms with E-state index in [4.69, 9.17) is 20.8 Å². The molecule has 124 valence electrons. The SMILES string of the molecule is COC(=O)c1cc(CSc2nnnn2-c2ccc(Cl)cc2)oc1C. The molecule has 0 aliphatic heterocycles. The number of hydrogen-bond acceptors (Lipinski definition) is 7. The normalized spacial score (nSPS) is 10.8. The summed E-state index contributed by atoms with van der Waals surface area (Å²) in [4.78, 5) is 11.6. The van der Waals surface area contributed by atoms with Crippen molar-refractivity contribution in [2.45, 2.75) is 17.8 Å². The summed E-state index contributed by atoms with van der Waals surface area (Å²) in [6.45, 7) is 1.72. The second-order valence-corrected chi connectivity index (χ2v) is 6.19. The Bertz CT molecular complexity index is 860. The molecule has 9 heteroatoms. The Morgan fingerprint density at radius 3 is 2.83 bits per heavy atom. The molecule has 3 rings (SSSR count). The van der Waals surface area contributed by atoms with Crippen molar-refractivity contribution < 1.29 is 13.9 Å². The largest absolute Gasteiger partial charge is 0.465 e. The van der Waals surface area contributed by atoms with Crippen LogP contribution in [0.4, 0.5) is 0 Å². The van der Waals surface area contributed by atoms with Gasteiger partial charge in [-0.05, 0) is 47.7 Å². The van der Waals surface area contributed by atoms with Crippen LogP contribution in [0.1, 0.15) is 21.9 Å². The highest BCUT2D eigenvalue weighted by molar-refractivity contribution is 7.98. The molecule has 0 amide bonds. The average molecular weight is 365 g/mol. The summed E-state index contributed by atoms with van der Waals surface area (Å²) in [5, 5.41) is 12.9. The number of methoxy groups -OCH3 is 1. The van der Waals surface area contributed by atoms with Crippen LogP contribution in [0.3, 0.4) is 0 Å². The minimum Gasteiger partial charge on any atom is -0.465 e. The van der Waals surface area contributed by atoms with Gasteiger partial charge in [-0.3, -0.25) is 0 Å². The van der Waals surface area contributed by atoms with Gasteiger partial charge in [0.2, 0.25) is 5.16 Å². The molecular weight excluding hydrogens is 352 g/mol. The number of halogens is 1. The van der Waals surface area contributed by atoms with Crippen LogP contribution in [0, 0.1) is 6.92 Å². The summed E-state index contributed by atoms with van der Waals surface area (Å²) in [6, 6.07) is 8.87. The highest BCUT2D eigenvalue weighted by Crippen LogP contribution is 2.25. The number of benzene rings is 1. The highest BCUT2D eigenvalue weighted by Gasteiger charge is 2.16. The van der Waals surface area contributed by atoms with Gasteiger partial charge in [0.1, 0.15) is 17.1 Å². The number of thioether (sulfide) groups is 1. The molecule has 7 nitrogen and oxygen atoms in total. The standard InChI is InChI=1S/C15H13ClN4O3S/c1-9-13(14(21)22-2)7-12(23-9)8-24-15-17-18-19-20(15)11-5-3-10(16)4-6-11/h3-7H,8H2,1-2H3. The minimum atomic E-state index is -0.418. The molecule has 0 atom stereocenters. The number of hydrogen-bond donors (Lipinski definition) is 0. The summed E-state index contributed by atoms with van der Waals surface area (Å²) in [5.74, 6) is 1.23. The molecular formula is C15H13ClN4O3S. The van der Waals surface area contributed by atoms with Crippen molar-refractivity contribution in [3.05, 3.63) is 52.4 Å². The number of nitrogens with zero attached hydrogens (tertiary/aromatic N) is 4. The Hall–Kier alpha value is -2.32. The topological polar surface area (TPSA) is 83.0 Å². The van der Waals surface area contributed by atoms with E-state index in [2.05, 4.69) is 15.5 Å². The molecule has 0 aliphatic rings. The van der Waals surface area contributed by atoms with Crippen LogP contribution in [0.2, 0.25) is 5.02 Å². The second-order valence-electron chi connectivity index (χ2n) is 4.81. The summed E-state index contributed by atoms with van der Waals surface area (Å²) >= 11 is 7.29. The first-order chi connectivity index (χ1) is 11.6. The van der Waals surface area contributed by atoms with E-state index in [0.717, 1.165) is 5.69 Å². The molecule has 0 radical (unpaired) electrons. The lowest BCUT2D eigenvalue weighted by molar-refractivity contribution is 0.0599. The van der Waals surface area contributed by atoms with Crippen LogP contribution in [-0.4, -0.2) is 33.3 Å². The fraction of sp³-hybridized carbons (Fsp3) is 0.200. The zero-order chi connectivity index (χ0) is 17.1.